The van der Waals surface area contributed by atoms with Crippen LogP contribution in [-0.4, -0.2) is 44.2 Å². The number of hydrogen-bond donors (Lipinski definition) is 1. The van der Waals surface area contributed by atoms with Crippen molar-refractivity contribution in [3.8, 4) is 0 Å². The van der Waals surface area contributed by atoms with Crippen LogP contribution in [0.5, 0.6) is 0 Å². The van der Waals surface area contributed by atoms with E-state index in [1.807, 2.05) is 12.1 Å². The molecule has 0 saturated heterocycles. The van der Waals surface area contributed by atoms with E-state index in [2.05, 4.69) is 26.2 Å². The molecule has 0 aliphatic carbocycles. The predicted molar refractivity (Wildman–Crippen MR) is 65.3 cm³/mol. The summed E-state index contributed by atoms with van der Waals surface area (Å²) in [4.78, 5) is 1.28. The molecule has 4 nitrogen and oxygen atoms in total. The average Bonchev–Trinajstić information content (AvgIpc) is 2.33. The van der Waals surface area contributed by atoms with E-state index >= 15 is 0 Å². The first-order valence-corrected chi connectivity index (χ1v) is 6.88. The Morgan fingerprint density at radius 1 is 0.875 bits per heavy atom. The first-order chi connectivity index (χ1) is 7.59. The van der Waals surface area contributed by atoms with Gasteiger partial charge in [-0.15, -0.1) is 0 Å². The summed E-state index contributed by atoms with van der Waals surface area (Å²) in [5.74, 6) is 0. The Bertz CT molecular complexity index is 314. The van der Waals surface area contributed by atoms with Crippen molar-refractivity contribution in [2.75, 3.05) is 35.4 Å². The monoisotopic (exact) mass is 242 g/mol. The molecule has 0 unspecified atom stereocenters. The zero-order valence-corrected chi connectivity index (χ0v) is 11.5. The van der Waals surface area contributed by atoms with Gasteiger partial charge in [0, 0.05) is 26.5 Å². The molecule has 0 spiro atoms. The molecule has 1 rings (SSSR count). The Morgan fingerprint density at radius 2 is 1.31 bits per heavy atom. The SMILES string of the molecule is CO[Si](OC)(OC)c1ccc([NH+](C)C)cc1. The third kappa shape index (κ3) is 2.50. The molecule has 0 saturated carbocycles. The van der Waals surface area contributed by atoms with Gasteiger partial charge >= 0.3 is 8.80 Å². The third-order valence-electron chi connectivity index (χ3n) is 2.62. The highest BCUT2D eigenvalue weighted by Gasteiger charge is 2.40. The number of rotatable bonds is 5. The molecule has 0 radical (unpaired) electrons. The number of nitrogens with one attached hydrogen (secondary N) is 1. The van der Waals surface area contributed by atoms with Crippen LogP contribution in [-0.2, 0) is 13.3 Å². The van der Waals surface area contributed by atoms with Crippen molar-refractivity contribution in [1.29, 1.82) is 0 Å². The van der Waals surface area contributed by atoms with Crippen LogP contribution in [0.25, 0.3) is 0 Å². The predicted octanol–water partition coefficient (Wildman–Crippen LogP) is -0.452. The smallest absolute Gasteiger partial charge is 0.373 e. The van der Waals surface area contributed by atoms with Gasteiger partial charge < -0.3 is 18.2 Å². The minimum absolute atomic E-state index is 0.977. The fourth-order valence-electron chi connectivity index (χ4n) is 1.61. The van der Waals surface area contributed by atoms with E-state index in [1.165, 1.54) is 10.6 Å². The lowest BCUT2D eigenvalue weighted by Crippen LogP contribution is -3.00. The molecular weight excluding hydrogens is 222 g/mol. The molecule has 1 aromatic carbocycles. The van der Waals surface area contributed by atoms with Crippen LogP contribution in [0.2, 0.25) is 0 Å². The van der Waals surface area contributed by atoms with Gasteiger partial charge in [-0.25, -0.2) is 0 Å². The van der Waals surface area contributed by atoms with Crippen molar-refractivity contribution in [2.24, 2.45) is 0 Å². The maximum atomic E-state index is 5.41. The molecule has 1 aromatic rings. The molecule has 1 N–H and O–H groups in total. The summed E-state index contributed by atoms with van der Waals surface area (Å²) in [7, 11) is 6.36. The topological polar surface area (TPSA) is 32.1 Å². The van der Waals surface area contributed by atoms with Crippen molar-refractivity contribution in [3.05, 3.63) is 24.3 Å². The molecular formula is C11H20NO3Si+. The fourth-order valence-corrected chi connectivity index (χ4v) is 3.39. The highest BCUT2D eigenvalue weighted by molar-refractivity contribution is 6.75. The van der Waals surface area contributed by atoms with Crippen molar-refractivity contribution in [1.82, 2.24) is 0 Å². The Morgan fingerprint density at radius 3 is 1.62 bits per heavy atom. The van der Waals surface area contributed by atoms with Gasteiger partial charge in [0.15, 0.2) is 0 Å². The lowest BCUT2D eigenvalue weighted by Gasteiger charge is -2.24. The molecule has 0 aromatic heterocycles. The van der Waals surface area contributed by atoms with Gasteiger partial charge in [0.1, 0.15) is 5.69 Å². The standard InChI is InChI=1S/C11H19NO3Si/c1-12(2)10-6-8-11(9-7-10)16(13-3,14-4)15-5/h6-9H,1-5H3/p+1. The molecule has 0 aliphatic heterocycles. The van der Waals surface area contributed by atoms with Crippen LogP contribution >= 0.6 is 0 Å². The third-order valence-corrected chi connectivity index (χ3v) is 5.27. The Labute approximate surface area is 98.1 Å². The number of quaternary nitrogens is 1. The summed E-state index contributed by atoms with van der Waals surface area (Å²) in [6.07, 6.45) is 0. The first-order valence-electron chi connectivity index (χ1n) is 5.16. The van der Waals surface area contributed by atoms with E-state index < -0.39 is 8.80 Å². The minimum atomic E-state index is -2.66. The van der Waals surface area contributed by atoms with Crippen LogP contribution < -0.4 is 10.1 Å². The van der Waals surface area contributed by atoms with E-state index in [0.29, 0.717) is 0 Å². The van der Waals surface area contributed by atoms with Crippen molar-refractivity contribution < 1.29 is 18.2 Å². The summed E-state index contributed by atoms with van der Waals surface area (Å²) < 4.78 is 16.2. The van der Waals surface area contributed by atoms with Gasteiger partial charge in [0.2, 0.25) is 0 Å². The zero-order valence-electron chi connectivity index (χ0n) is 10.5. The Balaban J connectivity index is 3.03. The zero-order chi connectivity index (χ0) is 12.2. The fraction of sp³-hybridized carbons (Fsp3) is 0.455. The van der Waals surface area contributed by atoms with E-state index in [9.17, 15) is 0 Å². The van der Waals surface area contributed by atoms with Crippen molar-refractivity contribution >= 4 is 19.7 Å². The molecule has 0 bridgehead atoms. The number of hydrogen-bond acceptors (Lipinski definition) is 3. The summed E-state index contributed by atoms with van der Waals surface area (Å²) >= 11 is 0. The van der Waals surface area contributed by atoms with Gasteiger partial charge in [0.05, 0.1) is 14.1 Å². The molecule has 0 atom stereocenters. The highest BCUT2D eigenvalue weighted by atomic mass is 28.4. The normalized spacial score (nSPS) is 12.1. The molecule has 5 heteroatoms. The van der Waals surface area contributed by atoms with Gasteiger partial charge in [0.25, 0.3) is 0 Å². The molecule has 0 amide bonds. The second-order valence-electron chi connectivity index (χ2n) is 3.75. The van der Waals surface area contributed by atoms with Gasteiger partial charge in [-0.3, -0.25) is 0 Å². The summed E-state index contributed by atoms with van der Waals surface area (Å²) in [5.41, 5.74) is 1.22. The maximum Gasteiger partial charge on any atom is 0.536 e. The quantitative estimate of drug-likeness (QED) is 0.710. The number of benzene rings is 1. The van der Waals surface area contributed by atoms with Crippen LogP contribution in [0, 0.1) is 0 Å². The summed E-state index contributed by atoms with van der Waals surface area (Å²) in [6.45, 7) is 0. The van der Waals surface area contributed by atoms with E-state index in [-0.39, 0.29) is 0 Å². The first kappa shape index (κ1) is 13.3. The van der Waals surface area contributed by atoms with Crippen LogP contribution in [0.15, 0.2) is 24.3 Å². The van der Waals surface area contributed by atoms with Crippen LogP contribution in [0.4, 0.5) is 5.69 Å². The van der Waals surface area contributed by atoms with E-state index in [0.717, 1.165) is 5.19 Å². The second kappa shape index (κ2) is 5.56. The average molecular weight is 242 g/mol. The minimum Gasteiger partial charge on any atom is -0.373 e. The van der Waals surface area contributed by atoms with Crippen molar-refractivity contribution in [2.45, 2.75) is 0 Å². The van der Waals surface area contributed by atoms with E-state index in [4.69, 9.17) is 13.3 Å². The molecule has 90 valence electrons. The molecule has 0 fully saturated rings. The second-order valence-corrected chi connectivity index (χ2v) is 6.66. The molecule has 16 heavy (non-hydrogen) atoms. The Kier molecular flexibility index (Phi) is 4.64. The van der Waals surface area contributed by atoms with Gasteiger partial charge in [-0.2, -0.15) is 0 Å². The van der Waals surface area contributed by atoms with Crippen LogP contribution in [0.1, 0.15) is 0 Å². The van der Waals surface area contributed by atoms with Gasteiger partial charge in [-0.1, -0.05) is 0 Å². The van der Waals surface area contributed by atoms with Gasteiger partial charge in [-0.05, 0) is 24.3 Å². The molecule has 0 heterocycles. The largest absolute Gasteiger partial charge is 0.536 e. The lowest BCUT2D eigenvalue weighted by molar-refractivity contribution is -0.786. The Hall–Kier alpha value is -0.723. The lowest BCUT2D eigenvalue weighted by atomic mass is 10.3. The maximum absolute atomic E-state index is 5.41. The summed E-state index contributed by atoms with van der Waals surface area (Å²) in [6, 6.07) is 8.13. The molecule has 0 aliphatic rings. The van der Waals surface area contributed by atoms with Crippen LogP contribution in [0.3, 0.4) is 0 Å². The summed E-state index contributed by atoms with van der Waals surface area (Å²) in [5, 5.41) is 0.977. The highest BCUT2D eigenvalue weighted by Crippen LogP contribution is 2.08. The van der Waals surface area contributed by atoms with E-state index in [1.54, 1.807) is 21.3 Å². The van der Waals surface area contributed by atoms with Crippen molar-refractivity contribution in [3.63, 3.8) is 0 Å².